The van der Waals surface area contributed by atoms with Crippen LogP contribution in [0.1, 0.15) is 36.6 Å². The normalized spacial score (nSPS) is 19.9. The minimum atomic E-state index is -2.56. The Morgan fingerprint density at radius 1 is 1.17 bits per heavy atom. The molecule has 2 atom stereocenters. The Hall–Kier alpha value is -4.37. The maximum atomic E-state index is 13.9. The molecule has 0 N–H and O–H groups in total. The molecule has 48 heavy (non-hydrogen) atoms. The summed E-state index contributed by atoms with van der Waals surface area (Å²) in [5, 5.41) is 2.37. The number of aromatic nitrogens is 2. The number of rotatable bonds is 10. The zero-order chi connectivity index (χ0) is 34.2. The van der Waals surface area contributed by atoms with Gasteiger partial charge in [-0.3, -0.25) is 4.79 Å². The van der Waals surface area contributed by atoms with Gasteiger partial charge < -0.3 is 29.2 Å². The van der Waals surface area contributed by atoms with E-state index in [1.807, 2.05) is 18.9 Å². The Balaban J connectivity index is 1.27. The summed E-state index contributed by atoms with van der Waals surface area (Å²) in [6.07, 6.45) is 0.500. The van der Waals surface area contributed by atoms with Crippen LogP contribution in [0.15, 0.2) is 48.8 Å². The van der Waals surface area contributed by atoms with E-state index >= 15 is 0 Å². The van der Waals surface area contributed by atoms with Crippen LogP contribution in [0.2, 0.25) is 0 Å². The van der Waals surface area contributed by atoms with Crippen LogP contribution in [0.4, 0.5) is 24.7 Å². The van der Waals surface area contributed by atoms with Crippen molar-refractivity contribution >= 4 is 28.2 Å². The number of fused-ring (bicyclic) bond motifs is 2. The number of ether oxygens (including phenoxy) is 1. The maximum absolute atomic E-state index is 13.9. The lowest BCUT2D eigenvalue weighted by Gasteiger charge is -2.42. The van der Waals surface area contributed by atoms with E-state index in [9.17, 15) is 18.0 Å². The standard InChI is InChI=1S/C36H42F3N7O2/c1-23-8-6-9-26-10-7-11-31(32(23)26)44-13-12-29-30(22-44)41-35(48-17-16-43(5)25(3)27-18-36(38,39)19-27)42-33(29)45-14-15-46(34(47)24(2)37)28(21-45)20-40-4/h6-11,25,27-28H,2,12-22H2,1,3,5H3/t25-,28+/m1/s1. The van der Waals surface area contributed by atoms with Crippen LogP contribution in [0.25, 0.3) is 15.6 Å². The number of hydrogen-bond acceptors (Lipinski definition) is 7. The van der Waals surface area contributed by atoms with Crippen molar-refractivity contribution in [3.63, 3.8) is 0 Å². The molecule has 0 unspecified atom stereocenters. The van der Waals surface area contributed by atoms with Crippen molar-refractivity contribution in [3.8, 4) is 6.01 Å². The Bertz CT molecular complexity index is 1730. The largest absolute Gasteiger partial charge is 0.462 e. The average Bonchev–Trinajstić information content (AvgIpc) is 3.05. The number of aryl methyl sites for hydroxylation is 1. The summed E-state index contributed by atoms with van der Waals surface area (Å²) >= 11 is 0. The number of alkyl halides is 2. The van der Waals surface area contributed by atoms with E-state index in [-0.39, 0.29) is 50.5 Å². The summed E-state index contributed by atoms with van der Waals surface area (Å²) in [6.45, 7) is 17.8. The Morgan fingerprint density at radius 2 is 1.92 bits per heavy atom. The second kappa shape index (κ2) is 13.6. The SMILES string of the molecule is [C-]#[N+]C[C@H]1CN(c2nc(OCCN(C)[C@H](C)C3CC(F)(F)C3)nc3c2CCN(c2cccc4cccc(C)c24)C3)CCN1C(=O)C(=C)F. The van der Waals surface area contributed by atoms with Gasteiger partial charge in [0.2, 0.25) is 12.5 Å². The molecule has 3 aliphatic rings. The summed E-state index contributed by atoms with van der Waals surface area (Å²) in [6, 6.07) is 12.3. The van der Waals surface area contributed by atoms with Gasteiger partial charge in [0.25, 0.3) is 5.91 Å². The molecule has 2 aromatic carbocycles. The quantitative estimate of drug-likeness (QED) is 0.205. The maximum Gasteiger partial charge on any atom is 0.318 e. The van der Waals surface area contributed by atoms with Crippen molar-refractivity contribution in [1.29, 1.82) is 0 Å². The zero-order valence-electron chi connectivity index (χ0n) is 27.8. The lowest BCUT2D eigenvalue weighted by Crippen LogP contribution is -2.57. The summed E-state index contributed by atoms with van der Waals surface area (Å²) in [4.78, 5) is 33.7. The Morgan fingerprint density at radius 3 is 2.62 bits per heavy atom. The van der Waals surface area contributed by atoms with E-state index < -0.39 is 23.7 Å². The van der Waals surface area contributed by atoms with E-state index in [2.05, 4.69) is 64.5 Å². The van der Waals surface area contributed by atoms with Gasteiger partial charge in [-0.2, -0.15) is 9.97 Å². The number of benzene rings is 2. The summed E-state index contributed by atoms with van der Waals surface area (Å²) in [5.41, 5.74) is 4.15. The average molecular weight is 662 g/mol. The first-order valence-corrected chi connectivity index (χ1v) is 16.5. The minimum absolute atomic E-state index is 0.00950. The highest BCUT2D eigenvalue weighted by atomic mass is 19.3. The first kappa shape index (κ1) is 33.5. The fourth-order valence-electron chi connectivity index (χ4n) is 7.31. The number of nitrogens with zero attached hydrogens (tertiary/aromatic N) is 7. The second-order valence-corrected chi connectivity index (χ2v) is 13.3. The fourth-order valence-corrected chi connectivity index (χ4v) is 7.31. The molecule has 9 nitrogen and oxygen atoms in total. The van der Waals surface area contributed by atoms with Gasteiger partial charge in [-0.1, -0.05) is 36.9 Å². The third-order valence-electron chi connectivity index (χ3n) is 10.2. The molecule has 1 aliphatic carbocycles. The van der Waals surface area contributed by atoms with Crippen LogP contribution < -0.4 is 14.5 Å². The van der Waals surface area contributed by atoms with Crippen LogP contribution in [-0.2, 0) is 17.8 Å². The molecule has 1 amide bonds. The molecule has 2 aliphatic heterocycles. The number of amides is 1. The molecule has 12 heteroatoms. The van der Waals surface area contributed by atoms with E-state index in [1.165, 1.54) is 21.2 Å². The predicted octanol–water partition coefficient (Wildman–Crippen LogP) is 5.67. The lowest BCUT2D eigenvalue weighted by atomic mass is 9.76. The van der Waals surface area contributed by atoms with Gasteiger partial charge in [-0.05, 0) is 50.2 Å². The van der Waals surface area contributed by atoms with Crippen molar-refractivity contribution in [2.24, 2.45) is 5.92 Å². The molecule has 1 saturated heterocycles. The predicted molar refractivity (Wildman–Crippen MR) is 180 cm³/mol. The molecule has 0 bridgehead atoms. The molecule has 2 fully saturated rings. The molecule has 0 radical (unpaired) electrons. The molecular weight excluding hydrogens is 619 g/mol. The fraction of sp³-hybridized carbons (Fsp3) is 0.500. The number of anilines is 2. The molecule has 6 rings (SSSR count). The molecule has 254 valence electrons. The highest BCUT2D eigenvalue weighted by Crippen LogP contribution is 2.45. The van der Waals surface area contributed by atoms with Crippen LogP contribution in [0.5, 0.6) is 6.01 Å². The van der Waals surface area contributed by atoms with E-state index in [0.717, 1.165) is 23.5 Å². The first-order chi connectivity index (χ1) is 23.0. The molecule has 3 aromatic rings. The lowest BCUT2D eigenvalue weighted by molar-refractivity contribution is -0.131. The van der Waals surface area contributed by atoms with Gasteiger partial charge in [0.15, 0.2) is 5.83 Å². The highest BCUT2D eigenvalue weighted by molar-refractivity contribution is 5.97. The highest BCUT2D eigenvalue weighted by Gasteiger charge is 2.48. The van der Waals surface area contributed by atoms with Crippen molar-refractivity contribution in [2.75, 3.05) is 62.7 Å². The molecular formula is C36H42F3N7O2. The third-order valence-corrected chi connectivity index (χ3v) is 10.2. The van der Waals surface area contributed by atoms with Crippen LogP contribution in [0.3, 0.4) is 0 Å². The number of hydrogen-bond donors (Lipinski definition) is 0. The van der Waals surface area contributed by atoms with Gasteiger partial charge in [0.1, 0.15) is 18.5 Å². The van der Waals surface area contributed by atoms with E-state index in [0.29, 0.717) is 38.4 Å². The number of carbonyl (C=O) groups is 1. The third kappa shape index (κ3) is 6.79. The van der Waals surface area contributed by atoms with Crippen molar-refractivity contribution < 1.29 is 22.7 Å². The number of piperazine rings is 1. The number of halogens is 3. The molecule has 1 aromatic heterocycles. The number of carbonyl (C=O) groups excluding carboxylic acids is 1. The van der Waals surface area contributed by atoms with Gasteiger partial charge >= 0.3 is 6.01 Å². The monoisotopic (exact) mass is 661 g/mol. The molecule has 3 heterocycles. The summed E-state index contributed by atoms with van der Waals surface area (Å²) in [5.74, 6) is -3.74. The van der Waals surface area contributed by atoms with Gasteiger partial charge in [-0.15, -0.1) is 0 Å². The van der Waals surface area contributed by atoms with E-state index in [1.54, 1.807) is 0 Å². The van der Waals surface area contributed by atoms with Crippen LogP contribution in [0, 0.1) is 19.4 Å². The zero-order valence-corrected chi connectivity index (χ0v) is 27.8. The van der Waals surface area contributed by atoms with Crippen molar-refractivity contribution in [3.05, 3.63) is 77.0 Å². The first-order valence-electron chi connectivity index (χ1n) is 16.5. The van der Waals surface area contributed by atoms with Crippen LogP contribution >= 0.6 is 0 Å². The van der Waals surface area contributed by atoms with E-state index in [4.69, 9.17) is 21.3 Å². The Labute approximate surface area is 279 Å². The topological polar surface area (TPSA) is 69.4 Å². The Kier molecular flexibility index (Phi) is 9.52. The molecule has 0 spiro atoms. The van der Waals surface area contributed by atoms with Crippen molar-refractivity contribution in [1.82, 2.24) is 19.8 Å². The van der Waals surface area contributed by atoms with Crippen molar-refractivity contribution in [2.45, 2.75) is 57.7 Å². The summed E-state index contributed by atoms with van der Waals surface area (Å²) < 4.78 is 47.0. The van der Waals surface area contributed by atoms with Gasteiger partial charge in [0.05, 0.1) is 12.2 Å². The minimum Gasteiger partial charge on any atom is -0.462 e. The smallest absolute Gasteiger partial charge is 0.318 e. The van der Waals surface area contributed by atoms with Crippen LogP contribution in [-0.4, -0.2) is 96.6 Å². The summed E-state index contributed by atoms with van der Waals surface area (Å²) in [7, 11) is 1.91. The van der Waals surface area contributed by atoms with Gasteiger partial charge in [-0.25, -0.2) is 19.7 Å². The van der Waals surface area contributed by atoms with Gasteiger partial charge in [0, 0.05) is 68.2 Å². The second-order valence-electron chi connectivity index (χ2n) is 13.3. The number of likely N-dealkylation sites (N-methyl/N-ethyl adjacent to an activating group) is 1. The molecule has 1 saturated carbocycles.